The Hall–Kier alpha value is -1.17. The molecule has 2 heteroatoms. The van der Waals surface area contributed by atoms with Crippen LogP contribution in [0.4, 0.5) is 0 Å². The van der Waals surface area contributed by atoms with Crippen LogP contribution in [0.3, 0.4) is 0 Å². The van der Waals surface area contributed by atoms with E-state index in [2.05, 4.69) is 48.5 Å². The molecule has 1 fully saturated rings. The van der Waals surface area contributed by atoms with Crippen molar-refractivity contribution in [1.82, 2.24) is 0 Å². The predicted octanol–water partition coefficient (Wildman–Crippen LogP) is 4.88. The third-order valence-corrected chi connectivity index (χ3v) is 8.14. The quantitative estimate of drug-likeness (QED) is 0.732. The molecular formula is C20H23OP. The predicted molar refractivity (Wildman–Crippen MR) is 95.3 cm³/mol. The van der Waals surface area contributed by atoms with Crippen LogP contribution < -0.4 is 0 Å². The van der Waals surface area contributed by atoms with Crippen LogP contribution in [-0.2, 0) is 10.2 Å². The van der Waals surface area contributed by atoms with Crippen LogP contribution in [0.1, 0.15) is 24.0 Å². The van der Waals surface area contributed by atoms with E-state index in [-0.39, 0.29) is 13.3 Å². The smallest absolute Gasteiger partial charge is 0.0603 e. The van der Waals surface area contributed by atoms with Crippen LogP contribution in [0.25, 0.3) is 11.1 Å². The van der Waals surface area contributed by atoms with Crippen molar-refractivity contribution in [2.45, 2.75) is 18.3 Å². The lowest BCUT2D eigenvalue weighted by Gasteiger charge is -2.34. The third-order valence-electron chi connectivity index (χ3n) is 5.26. The van der Waals surface area contributed by atoms with E-state index in [0.29, 0.717) is 0 Å². The van der Waals surface area contributed by atoms with Gasteiger partial charge in [-0.05, 0) is 53.6 Å². The minimum absolute atomic E-state index is 0.0813. The Morgan fingerprint density at radius 2 is 1.45 bits per heavy atom. The van der Waals surface area contributed by atoms with Gasteiger partial charge in [-0.1, -0.05) is 48.5 Å². The molecule has 2 aromatic rings. The van der Waals surface area contributed by atoms with Crippen LogP contribution >= 0.6 is 7.92 Å². The van der Waals surface area contributed by atoms with Crippen molar-refractivity contribution in [2.75, 3.05) is 32.2 Å². The monoisotopic (exact) mass is 310 g/mol. The molecule has 1 aliphatic carbocycles. The molecule has 1 heterocycles. The van der Waals surface area contributed by atoms with Gasteiger partial charge in [-0.15, -0.1) is 7.92 Å². The summed E-state index contributed by atoms with van der Waals surface area (Å²) < 4.78 is 5.76. The van der Waals surface area contributed by atoms with Gasteiger partial charge in [-0.2, -0.15) is 0 Å². The van der Waals surface area contributed by atoms with Crippen LogP contribution in [0.2, 0.25) is 0 Å². The van der Waals surface area contributed by atoms with Crippen molar-refractivity contribution in [3.8, 4) is 11.1 Å². The lowest BCUT2D eigenvalue weighted by Crippen LogP contribution is -2.34. The fraction of sp³-hybridized carbons (Fsp3) is 0.400. The van der Waals surface area contributed by atoms with Gasteiger partial charge in [0.25, 0.3) is 0 Å². The number of ether oxygens (including phenoxy) is 1. The molecule has 0 aromatic heterocycles. The van der Waals surface area contributed by atoms with Crippen LogP contribution in [0.5, 0.6) is 0 Å². The number of methoxy groups -OCH3 is 1. The lowest BCUT2D eigenvalue weighted by atomic mass is 9.81. The average molecular weight is 310 g/mol. The Morgan fingerprint density at radius 3 is 2.00 bits per heavy atom. The van der Waals surface area contributed by atoms with E-state index in [1.807, 2.05) is 7.11 Å². The van der Waals surface area contributed by atoms with Gasteiger partial charge in [-0.3, -0.25) is 0 Å². The number of fused-ring (bicyclic) bond motifs is 3. The van der Waals surface area contributed by atoms with Gasteiger partial charge in [0.05, 0.1) is 6.61 Å². The summed E-state index contributed by atoms with van der Waals surface area (Å²) in [5.41, 5.74) is 5.91. The topological polar surface area (TPSA) is 9.23 Å². The molecule has 2 aliphatic rings. The molecule has 0 unspecified atom stereocenters. The van der Waals surface area contributed by atoms with Gasteiger partial charge in [0.2, 0.25) is 0 Å². The molecule has 0 spiro atoms. The Morgan fingerprint density at radius 1 is 0.909 bits per heavy atom. The molecule has 0 N–H and O–H groups in total. The fourth-order valence-electron chi connectivity index (χ4n) is 4.36. The summed E-state index contributed by atoms with van der Waals surface area (Å²) in [6.07, 6.45) is 7.05. The van der Waals surface area contributed by atoms with Gasteiger partial charge in [0, 0.05) is 12.5 Å². The molecular weight excluding hydrogens is 287 g/mol. The standard InChI is InChI=1S/C20H23OP/c1-21-14-20(15-22-12-6-7-13-22)18-10-4-2-8-16(18)17-9-3-5-11-19(17)20/h2-5,8-11H,6-7,12-15H2,1H3. The summed E-state index contributed by atoms with van der Waals surface area (Å²) in [5, 5.41) is 0. The molecule has 1 saturated heterocycles. The van der Waals surface area contributed by atoms with Crippen molar-refractivity contribution in [3.05, 3.63) is 59.7 Å². The summed E-state index contributed by atoms with van der Waals surface area (Å²) >= 11 is 0. The summed E-state index contributed by atoms with van der Waals surface area (Å²) in [4.78, 5) is 0. The SMILES string of the molecule is COCC1(CP2CCCC2)c2ccccc2-c2ccccc21. The fourth-order valence-corrected chi connectivity index (χ4v) is 7.43. The molecule has 0 saturated carbocycles. The maximum atomic E-state index is 5.76. The third kappa shape index (κ3) is 2.14. The largest absolute Gasteiger partial charge is 0.383 e. The number of hydrogen-bond donors (Lipinski definition) is 0. The molecule has 0 amide bonds. The van der Waals surface area contributed by atoms with Gasteiger partial charge in [-0.25, -0.2) is 0 Å². The van der Waals surface area contributed by atoms with Crippen LogP contribution in [0.15, 0.2) is 48.5 Å². The number of benzene rings is 2. The summed E-state index contributed by atoms with van der Waals surface area (Å²) in [5.74, 6) is 0. The van der Waals surface area contributed by atoms with E-state index in [4.69, 9.17) is 4.74 Å². The molecule has 4 rings (SSSR count). The Labute approximate surface area is 134 Å². The number of hydrogen-bond acceptors (Lipinski definition) is 1. The van der Waals surface area contributed by atoms with Gasteiger partial charge in [0.15, 0.2) is 0 Å². The minimum atomic E-state index is 0.0813. The molecule has 0 radical (unpaired) electrons. The first-order valence-electron chi connectivity index (χ1n) is 8.26. The second-order valence-corrected chi connectivity index (χ2v) is 9.14. The molecule has 0 atom stereocenters. The molecule has 0 bridgehead atoms. The highest BCUT2D eigenvalue weighted by atomic mass is 31.1. The van der Waals surface area contributed by atoms with E-state index in [0.717, 1.165) is 6.61 Å². The second-order valence-electron chi connectivity index (χ2n) is 6.59. The zero-order valence-electron chi connectivity index (χ0n) is 13.2. The number of rotatable bonds is 4. The molecule has 2 aromatic carbocycles. The van der Waals surface area contributed by atoms with Crippen molar-refractivity contribution in [2.24, 2.45) is 0 Å². The van der Waals surface area contributed by atoms with E-state index >= 15 is 0 Å². The average Bonchev–Trinajstić information content (AvgIpc) is 3.15. The summed E-state index contributed by atoms with van der Waals surface area (Å²) in [7, 11) is 2.01. The highest BCUT2D eigenvalue weighted by molar-refractivity contribution is 7.58. The van der Waals surface area contributed by atoms with Crippen molar-refractivity contribution >= 4 is 7.92 Å². The zero-order chi connectivity index (χ0) is 15.0. The first-order valence-corrected chi connectivity index (χ1v) is 10.2. The maximum Gasteiger partial charge on any atom is 0.0603 e. The molecule has 114 valence electrons. The Kier molecular flexibility index (Phi) is 3.80. The van der Waals surface area contributed by atoms with Gasteiger partial charge in [0.1, 0.15) is 0 Å². The maximum absolute atomic E-state index is 5.76. The minimum Gasteiger partial charge on any atom is -0.383 e. The van der Waals surface area contributed by atoms with Crippen LogP contribution in [0, 0.1) is 0 Å². The second kappa shape index (κ2) is 5.80. The van der Waals surface area contributed by atoms with Crippen LogP contribution in [-0.4, -0.2) is 32.2 Å². The van der Waals surface area contributed by atoms with Crippen molar-refractivity contribution in [3.63, 3.8) is 0 Å². The van der Waals surface area contributed by atoms with Crippen molar-refractivity contribution < 1.29 is 4.74 Å². The molecule has 22 heavy (non-hydrogen) atoms. The highest BCUT2D eigenvalue weighted by Gasteiger charge is 2.44. The van der Waals surface area contributed by atoms with E-state index in [9.17, 15) is 0 Å². The summed E-state index contributed by atoms with van der Waals surface area (Å²) in [6, 6.07) is 18.0. The molecule has 1 nitrogen and oxygen atoms in total. The van der Waals surface area contributed by atoms with Gasteiger partial charge < -0.3 is 4.74 Å². The normalized spacial score (nSPS) is 19.1. The van der Waals surface area contributed by atoms with E-state index < -0.39 is 0 Å². The lowest BCUT2D eigenvalue weighted by molar-refractivity contribution is 0.158. The van der Waals surface area contributed by atoms with E-state index in [1.54, 1.807) is 0 Å². The van der Waals surface area contributed by atoms with Gasteiger partial charge >= 0.3 is 0 Å². The zero-order valence-corrected chi connectivity index (χ0v) is 14.1. The van der Waals surface area contributed by atoms with Crippen molar-refractivity contribution in [1.29, 1.82) is 0 Å². The Balaban J connectivity index is 1.88. The van der Waals surface area contributed by atoms with E-state index in [1.165, 1.54) is 53.6 Å². The first-order chi connectivity index (χ1) is 10.8. The Bertz CT molecular complexity index is 627. The highest BCUT2D eigenvalue weighted by Crippen LogP contribution is 2.56. The first kappa shape index (κ1) is 14.4. The summed E-state index contributed by atoms with van der Waals surface area (Å²) in [6.45, 7) is 0.805. The molecule has 1 aliphatic heterocycles.